The Morgan fingerprint density at radius 2 is 1.92 bits per heavy atom. The largest absolute Gasteiger partial charge is 0.318 e. The van der Waals surface area contributed by atoms with Crippen LogP contribution in [0.5, 0.6) is 0 Å². The number of nitrogens with one attached hydrogen (secondary N) is 1. The molecule has 0 spiro atoms. The van der Waals surface area contributed by atoms with Gasteiger partial charge in [0.15, 0.2) is 0 Å². The van der Waals surface area contributed by atoms with Crippen LogP contribution in [-0.4, -0.2) is 17.3 Å². The van der Waals surface area contributed by atoms with Crippen molar-refractivity contribution in [1.82, 2.24) is 5.01 Å². The lowest BCUT2D eigenvalue weighted by Gasteiger charge is -2.19. The Hall–Kier alpha value is -1.93. The third-order valence-corrected chi connectivity index (χ3v) is 4.45. The quantitative estimate of drug-likeness (QED) is 0.229. The van der Waals surface area contributed by atoms with Crippen molar-refractivity contribution in [2.45, 2.75) is 25.9 Å². The maximum atomic E-state index is 11.0. The maximum Gasteiger partial charge on any atom is 0.225 e. The third kappa shape index (κ3) is 5.61. The first-order valence-corrected chi connectivity index (χ1v) is 8.00. The first-order chi connectivity index (χ1) is 11.0. The number of hydrazine groups is 1. The molecule has 6 nitrogen and oxygen atoms in total. The van der Waals surface area contributed by atoms with Crippen molar-refractivity contribution < 1.29 is 9.59 Å². The van der Waals surface area contributed by atoms with E-state index in [9.17, 15) is 9.59 Å². The third-order valence-electron chi connectivity index (χ3n) is 3.39. The van der Waals surface area contributed by atoms with Gasteiger partial charge in [0.1, 0.15) is 6.17 Å². The van der Waals surface area contributed by atoms with Crippen LogP contribution in [0.1, 0.15) is 29.1 Å². The number of hydrogen-bond donors (Lipinski definition) is 3. The van der Waals surface area contributed by atoms with Crippen LogP contribution in [0, 0.1) is 0 Å². The predicted molar refractivity (Wildman–Crippen MR) is 98.7 cm³/mol. The fraction of sp³-hybridized carbons (Fsp3) is 0.250. The number of nitrogens with zero attached hydrogens (tertiary/aromatic N) is 1. The Kier molecular flexibility index (Phi) is 7.87. The number of anilines is 1. The molecular formula is C16H21ClN4O2S. The summed E-state index contributed by atoms with van der Waals surface area (Å²) in [6.45, 7) is 1.50. The number of carbonyl (C=O) groups is 2. The SMILES string of the molecule is CC(=O)Nc1ccc(CCc2ccc(C(N)N(N)C=O)cc2)s1.Cl. The molecule has 1 aromatic heterocycles. The Morgan fingerprint density at radius 1 is 1.25 bits per heavy atom. The summed E-state index contributed by atoms with van der Waals surface area (Å²) in [6, 6.07) is 11.7. The van der Waals surface area contributed by atoms with E-state index >= 15 is 0 Å². The Labute approximate surface area is 151 Å². The van der Waals surface area contributed by atoms with E-state index in [0.29, 0.717) is 6.41 Å². The molecule has 0 aliphatic carbocycles. The molecule has 5 N–H and O–H groups in total. The average Bonchev–Trinajstić information content (AvgIpc) is 2.98. The molecule has 1 heterocycles. The molecule has 0 saturated heterocycles. The number of benzene rings is 1. The topological polar surface area (TPSA) is 101 Å². The molecule has 0 saturated carbocycles. The van der Waals surface area contributed by atoms with Gasteiger partial charge in [0.05, 0.1) is 5.00 Å². The molecule has 2 aromatic rings. The molecule has 1 atom stereocenters. The molecule has 0 bridgehead atoms. The molecule has 1 unspecified atom stereocenters. The van der Waals surface area contributed by atoms with Gasteiger partial charge in [-0.15, -0.1) is 23.7 Å². The average molecular weight is 369 g/mol. The second kappa shape index (κ2) is 9.39. The van der Waals surface area contributed by atoms with E-state index in [1.165, 1.54) is 17.4 Å². The fourth-order valence-corrected chi connectivity index (χ4v) is 3.09. The molecule has 2 amide bonds. The van der Waals surface area contributed by atoms with E-state index in [-0.39, 0.29) is 18.3 Å². The van der Waals surface area contributed by atoms with Gasteiger partial charge in [-0.25, -0.2) is 5.84 Å². The van der Waals surface area contributed by atoms with Gasteiger partial charge in [0.25, 0.3) is 0 Å². The Morgan fingerprint density at radius 3 is 2.50 bits per heavy atom. The van der Waals surface area contributed by atoms with Crippen molar-refractivity contribution in [2.24, 2.45) is 11.6 Å². The van der Waals surface area contributed by atoms with Crippen molar-refractivity contribution in [3.63, 3.8) is 0 Å². The minimum absolute atomic E-state index is 0. The highest BCUT2D eigenvalue weighted by Crippen LogP contribution is 2.23. The minimum Gasteiger partial charge on any atom is -0.318 e. The van der Waals surface area contributed by atoms with E-state index in [4.69, 9.17) is 11.6 Å². The van der Waals surface area contributed by atoms with Gasteiger partial charge < -0.3 is 11.1 Å². The van der Waals surface area contributed by atoms with Gasteiger partial charge in [-0.3, -0.25) is 14.6 Å². The van der Waals surface area contributed by atoms with E-state index in [2.05, 4.69) is 5.32 Å². The molecule has 24 heavy (non-hydrogen) atoms. The zero-order valence-corrected chi connectivity index (χ0v) is 14.9. The van der Waals surface area contributed by atoms with Gasteiger partial charge in [-0.1, -0.05) is 24.3 Å². The van der Waals surface area contributed by atoms with E-state index < -0.39 is 6.17 Å². The summed E-state index contributed by atoms with van der Waals surface area (Å²) in [6.07, 6.45) is 1.64. The first-order valence-electron chi connectivity index (χ1n) is 7.18. The van der Waals surface area contributed by atoms with Crippen molar-refractivity contribution >= 4 is 41.1 Å². The monoisotopic (exact) mass is 368 g/mol. The van der Waals surface area contributed by atoms with Crippen LogP contribution in [0.2, 0.25) is 0 Å². The van der Waals surface area contributed by atoms with Crippen LogP contribution in [0.25, 0.3) is 0 Å². The Bertz CT molecular complexity index is 675. The van der Waals surface area contributed by atoms with Crippen LogP contribution in [0.15, 0.2) is 36.4 Å². The number of carbonyl (C=O) groups excluding carboxylic acids is 2. The van der Waals surface area contributed by atoms with Crippen LogP contribution < -0.4 is 16.9 Å². The highest BCUT2D eigenvalue weighted by atomic mass is 35.5. The number of halogens is 1. The van der Waals surface area contributed by atoms with Gasteiger partial charge in [0.2, 0.25) is 12.3 Å². The summed E-state index contributed by atoms with van der Waals surface area (Å²) in [4.78, 5) is 22.8. The molecule has 0 radical (unpaired) electrons. The molecule has 1 aromatic carbocycles. The van der Waals surface area contributed by atoms with Crippen LogP contribution in [0.4, 0.5) is 5.00 Å². The first kappa shape index (κ1) is 20.1. The molecule has 0 aliphatic rings. The normalized spacial score (nSPS) is 11.3. The number of aryl methyl sites for hydroxylation is 2. The van der Waals surface area contributed by atoms with Gasteiger partial charge in [-0.2, -0.15) is 0 Å². The van der Waals surface area contributed by atoms with Crippen molar-refractivity contribution in [3.05, 3.63) is 52.4 Å². The van der Waals surface area contributed by atoms with E-state index in [0.717, 1.165) is 28.4 Å². The lowest BCUT2D eigenvalue weighted by Crippen LogP contribution is -2.38. The number of thiophene rings is 1. The zero-order valence-electron chi connectivity index (χ0n) is 13.3. The highest BCUT2D eigenvalue weighted by Gasteiger charge is 2.10. The molecule has 8 heteroatoms. The Balaban J connectivity index is 0.00000288. The summed E-state index contributed by atoms with van der Waals surface area (Å²) in [5.41, 5.74) is 7.80. The molecule has 0 aliphatic heterocycles. The van der Waals surface area contributed by atoms with Crippen LogP contribution >= 0.6 is 23.7 Å². The van der Waals surface area contributed by atoms with Crippen molar-refractivity contribution in [2.75, 3.05) is 5.32 Å². The second-order valence-electron chi connectivity index (χ2n) is 5.19. The molecule has 130 valence electrons. The summed E-state index contributed by atoms with van der Waals surface area (Å²) < 4.78 is 0. The number of rotatable bonds is 7. The number of amides is 2. The van der Waals surface area contributed by atoms with Gasteiger partial charge >= 0.3 is 0 Å². The molecule has 0 fully saturated rings. The lowest BCUT2D eigenvalue weighted by atomic mass is 10.1. The smallest absolute Gasteiger partial charge is 0.225 e. The van der Waals surface area contributed by atoms with Crippen molar-refractivity contribution in [1.29, 1.82) is 0 Å². The summed E-state index contributed by atoms with van der Waals surface area (Å²) in [5.74, 6) is 5.41. The standard InChI is InChI=1S/C16H20N4O2S.ClH/c1-11(22)19-15-9-8-14(23-15)7-4-12-2-5-13(6-3-12)16(17)20(18)10-21;/h2-3,5-6,8-10,16H,4,7,17-18H2,1H3,(H,19,22);1H. The van der Waals surface area contributed by atoms with Crippen LogP contribution in [-0.2, 0) is 22.4 Å². The predicted octanol–water partition coefficient (Wildman–Crippen LogP) is 2.20. The number of hydrogen-bond acceptors (Lipinski definition) is 5. The highest BCUT2D eigenvalue weighted by molar-refractivity contribution is 7.16. The van der Waals surface area contributed by atoms with Gasteiger partial charge in [0, 0.05) is 11.8 Å². The minimum atomic E-state index is -0.640. The van der Waals surface area contributed by atoms with Crippen molar-refractivity contribution in [3.8, 4) is 0 Å². The summed E-state index contributed by atoms with van der Waals surface area (Å²) in [7, 11) is 0. The van der Waals surface area contributed by atoms with E-state index in [1.54, 1.807) is 11.3 Å². The molecular weight excluding hydrogens is 348 g/mol. The van der Waals surface area contributed by atoms with Crippen LogP contribution in [0.3, 0.4) is 0 Å². The maximum absolute atomic E-state index is 11.0. The second-order valence-corrected chi connectivity index (χ2v) is 6.35. The molecule has 2 rings (SSSR count). The lowest BCUT2D eigenvalue weighted by molar-refractivity contribution is -0.120. The summed E-state index contributed by atoms with van der Waals surface area (Å²) in [5, 5.41) is 4.58. The summed E-state index contributed by atoms with van der Waals surface area (Å²) >= 11 is 1.58. The van der Waals surface area contributed by atoms with Gasteiger partial charge in [-0.05, 0) is 36.1 Å². The fourth-order valence-electron chi connectivity index (χ4n) is 2.14. The number of nitrogens with two attached hydrogens (primary N) is 2. The zero-order chi connectivity index (χ0) is 16.8. The van der Waals surface area contributed by atoms with E-state index in [1.807, 2.05) is 36.4 Å².